The Morgan fingerprint density at radius 3 is 2.88 bits per heavy atom. The van der Waals surface area contributed by atoms with Crippen LogP contribution in [0.25, 0.3) is 0 Å². The third-order valence-electron chi connectivity index (χ3n) is 2.69. The van der Waals surface area contributed by atoms with E-state index in [4.69, 9.17) is 22.2 Å². The summed E-state index contributed by atoms with van der Waals surface area (Å²) in [6.07, 6.45) is 3.92. The molecule has 1 atom stereocenters. The molecule has 92 valence electrons. The van der Waals surface area contributed by atoms with E-state index in [1.54, 1.807) is 6.07 Å². The Labute approximate surface area is 104 Å². The van der Waals surface area contributed by atoms with Crippen molar-refractivity contribution >= 4 is 11.6 Å². The number of hydrogen-bond acceptors (Lipinski definition) is 3. The highest BCUT2D eigenvalue weighted by Crippen LogP contribution is 2.27. The van der Waals surface area contributed by atoms with Gasteiger partial charge in [0.05, 0.1) is 11.6 Å². The molecule has 0 spiro atoms. The van der Waals surface area contributed by atoms with E-state index in [1.165, 1.54) is 12.1 Å². The third kappa shape index (κ3) is 2.77. The van der Waals surface area contributed by atoms with Crippen molar-refractivity contribution < 1.29 is 9.13 Å². The highest BCUT2D eigenvalue weighted by atomic mass is 35.5. The number of halogens is 2. The van der Waals surface area contributed by atoms with Gasteiger partial charge >= 0.3 is 0 Å². The largest absolute Gasteiger partial charge is 0.496 e. The number of nitrogens with two attached hydrogens (primary N) is 1. The summed E-state index contributed by atoms with van der Waals surface area (Å²) in [6, 6.07) is 4.28. The van der Waals surface area contributed by atoms with E-state index < -0.39 is 5.82 Å². The molecule has 1 unspecified atom stereocenters. The van der Waals surface area contributed by atoms with Crippen LogP contribution in [0, 0.1) is 5.82 Å². The third-order valence-corrected chi connectivity index (χ3v) is 3.00. The Morgan fingerprint density at radius 2 is 2.29 bits per heavy atom. The summed E-state index contributed by atoms with van der Waals surface area (Å²) in [5, 5.41) is 0.100. The van der Waals surface area contributed by atoms with Crippen LogP contribution in [0.3, 0.4) is 0 Å². The first-order valence-corrected chi connectivity index (χ1v) is 5.84. The first-order chi connectivity index (χ1) is 8.22. The van der Waals surface area contributed by atoms with Crippen molar-refractivity contribution in [2.24, 2.45) is 5.84 Å². The fraction of sp³-hybridized carbons (Fsp3) is 0.333. The fourth-order valence-electron chi connectivity index (χ4n) is 1.81. The summed E-state index contributed by atoms with van der Waals surface area (Å²) in [5.74, 6) is 5.78. The molecule has 0 amide bonds. The smallest absolute Gasteiger partial charge is 0.142 e. The molecule has 17 heavy (non-hydrogen) atoms. The zero-order valence-corrected chi connectivity index (χ0v) is 10.0. The van der Waals surface area contributed by atoms with Gasteiger partial charge in [-0.3, -0.25) is 5.84 Å². The number of hydrazine groups is 1. The summed E-state index contributed by atoms with van der Waals surface area (Å²) >= 11 is 5.64. The molecule has 1 heterocycles. The molecule has 0 saturated carbocycles. The second kappa shape index (κ2) is 5.49. The molecule has 0 saturated heterocycles. The van der Waals surface area contributed by atoms with E-state index in [1.807, 2.05) is 6.08 Å². The lowest BCUT2D eigenvalue weighted by Crippen LogP contribution is -2.31. The molecule has 0 fully saturated rings. The standard InChI is InChI=1S/C12H14ClFN2O/c13-9-5-4-8(7-10(9)14)12(16-15)11-3-1-2-6-17-11/h3-5,7,12,16H,1-2,6,15H2. The predicted molar refractivity (Wildman–Crippen MR) is 64.7 cm³/mol. The van der Waals surface area contributed by atoms with Gasteiger partial charge in [0.15, 0.2) is 0 Å². The maximum absolute atomic E-state index is 13.4. The number of rotatable bonds is 3. The lowest BCUT2D eigenvalue weighted by Gasteiger charge is -2.23. The minimum atomic E-state index is -0.458. The minimum Gasteiger partial charge on any atom is -0.496 e. The Balaban J connectivity index is 2.28. The summed E-state index contributed by atoms with van der Waals surface area (Å²) in [5.41, 5.74) is 3.33. The van der Waals surface area contributed by atoms with Gasteiger partial charge in [-0.15, -0.1) is 0 Å². The van der Waals surface area contributed by atoms with Crippen LogP contribution in [0.2, 0.25) is 5.02 Å². The molecule has 2 rings (SSSR count). The minimum absolute atomic E-state index is 0.100. The molecule has 0 aliphatic carbocycles. The molecule has 1 aromatic carbocycles. The average Bonchev–Trinajstić information content (AvgIpc) is 2.36. The second-order valence-corrected chi connectivity index (χ2v) is 4.28. The van der Waals surface area contributed by atoms with Crippen LogP contribution in [0.1, 0.15) is 24.4 Å². The van der Waals surface area contributed by atoms with Crippen LogP contribution in [-0.4, -0.2) is 6.61 Å². The van der Waals surface area contributed by atoms with Crippen molar-refractivity contribution in [2.75, 3.05) is 6.61 Å². The summed E-state index contributed by atoms with van der Waals surface area (Å²) < 4.78 is 18.9. The number of ether oxygens (including phenoxy) is 1. The van der Waals surface area contributed by atoms with Gasteiger partial charge in [0.1, 0.15) is 17.6 Å². The van der Waals surface area contributed by atoms with Crippen LogP contribution < -0.4 is 11.3 Å². The lowest BCUT2D eigenvalue weighted by atomic mass is 10.0. The molecular weight excluding hydrogens is 243 g/mol. The van der Waals surface area contributed by atoms with Crippen LogP contribution >= 0.6 is 11.6 Å². The van der Waals surface area contributed by atoms with Crippen molar-refractivity contribution in [1.29, 1.82) is 0 Å². The Kier molecular flexibility index (Phi) is 3.99. The fourth-order valence-corrected chi connectivity index (χ4v) is 1.93. The van der Waals surface area contributed by atoms with Crippen LogP contribution in [0.5, 0.6) is 0 Å². The predicted octanol–water partition coefficient (Wildman–Crippen LogP) is 2.68. The molecule has 3 nitrogen and oxygen atoms in total. The first kappa shape index (κ1) is 12.4. The molecule has 1 aromatic rings. The summed E-state index contributed by atoms with van der Waals surface area (Å²) in [6.45, 7) is 0.667. The van der Waals surface area contributed by atoms with Gasteiger partial charge < -0.3 is 4.74 Å². The monoisotopic (exact) mass is 256 g/mol. The maximum atomic E-state index is 13.4. The highest BCUT2D eigenvalue weighted by Gasteiger charge is 2.19. The zero-order valence-electron chi connectivity index (χ0n) is 9.25. The van der Waals surface area contributed by atoms with Crippen LogP contribution in [0.4, 0.5) is 4.39 Å². The maximum Gasteiger partial charge on any atom is 0.142 e. The molecule has 3 N–H and O–H groups in total. The van der Waals surface area contributed by atoms with E-state index in [-0.39, 0.29) is 11.1 Å². The Hall–Kier alpha value is -1.10. The van der Waals surface area contributed by atoms with Gasteiger partial charge in [-0.05, 0) is 36.6 Å². The molecule has 1 aliphatic rings. The van der Waals surface area contributed by atoms with Gasteiger partial charge in [-0.2, -0.15) is 0 Å². The van der Waals surface area contributed by atoms with Gasteiger partial charge in [0, 0.05) is 0 Å². The highest BCUT2D eigenvalue weighted by molar-refractivity contribution is 6.30. The van der Waals surface area contributed by atoms with E-state index in [0.717, 1.165) is 18.6 Å². The van der Waals surface area contributed by atoms with Crippen molar-refractivity contribution in [3.05, 3.63) is 46.4 Å². The molecule has 0 bridgehead atoms. The second-order valence-electron chi connectivity index (χ2n) is 3.87. The van der Waals surface area contributed by atoms with E-state index in [9.17, 15) is 4.39 Å². The molecule has 0 aromatic heterocycles. The van der Waals surface area contributed by atoms with Crippen molar-refractivity contribution in [3.8, 4) is 0 Å². The van der Waals surface area contributed by atoms with Crippen LogP contribution in [-0.2, 0) is 4.74 Å². The van der Waals surface area contributed by atoms with Crippen molar-refractivity contribution in [2.45, 2.75) is 18.9 Å². The topological polar surface area (TPSA) is 47.3 Å². The van der Waals surface area contributed by atoms with Crippen molar-refractivity contribution in [1.82, 2.24) is 5.43 Å². The van der Waals surface area contributed by atoms with Crippen LogP contribution in [0.15, 0.2) is 30.0 Å². The van der Waals surface area contributed by atoms with Crippen molar-refractivity contribution in [3.63, 3.8) is 0 Å². The molecule has 5 heteroatoms. The Bertz CT molecular complexity index is 437. The van der Waals surface area contributed by atoms with Gasteiger partial charge in [0.25, 0.3) is 0 Å². The zero-order chi connectivity index (χ0) is 12.3. The Morgan fingerprint density at radius 1 is 1.47 bits per heavy atom. The van der Waals surface area contributed by atoms with Gasteiger partial charge in [-0.25, -0.2) is 9.82 Å². The lowest BCUT2D eigenvalue weighted by molar-refractivity contribution is 0.168. The first-order valence-electron chi connectivity index (χ1n) is 5.46. The van der Waals surface area contributed by atoms with E-state index in [2.05, 4.69) is 5.43 Å². The quantitative estimate of drug-likeness (QED) is 0.646. The normalized spacial score (nSPS) is 17.2. The number of allylic oxidation sites excluding steroid dienone is 1. The van der Waals surface area contributed by atoms with Gasteiger partial charge in [0.2, 0.25) is 0 Å². The van der Waals surface area contributed by atoms with Gasteiger partial charge in [-0.1, -0.05) is 17.7 Å². The summed E-state index contributed by atoms with van der Waals surface area (Å²) in [4.78, 5) is 0. The number of benzene rings is 1. The molecule has 1 aliphatic heterocycles. The molecule has 0 radical (unpaired) electrons. The molecular formula is C12H14ClFN2O. The SMILES string of the molecule is NNC(C1=CCCCO1)c1ccc(Cl)c(F)c1. The van der Waals surface area contributed by atoms with E-state index in [0.29, 0.717) is 12.2 Å². The van der Waals surface area contributed by atoms with E-state index >= 15 is 0 Å². The number of hydrogen-bond donors (Lipinski definition) is 2. The number of nitrogens with one attached hydrogen (secondary N) is 1. The summed E-state index contributed by atoms with van der Waals surface area (Å²) in [7, 11) is 0. The average molecular weight is 257 g/mol.